The first-order chi connectivity index (χ1) is 12.7. The topological polar surface area (TPSA) is 9.23 Å². The average Bonchev–Trinajstić information content (AvgIpc) is 2.71. The zero-order chi connectivity index (χ0) is 19.3. The number of terminal acetylenes is 1. The molecule has 2 fully saturated rings. The molecule has 0 saturated heterocycles. The molecule has 0 aromatic heterocycles. The molecule has 2 rings (SSSR count). The van der Waals surface area contributed by atoms with Crippen molar-refractivity contribution in [3.63, 3.8) is 0 Å². The summed E-state index contributed by atoms with van der Waals surface area (Å²) < 4.78 is 6.13. The molecule has 26 heavy (non-hydrogen) atoms. The van der Waals surface area contributed by atoms with E-state index in [9.17, 15) is 0 Å². The third-order valence-electron chi connectivity index (χ3n) is 6.75. The van der Waals surface area contributed by atoms with Gasteiger partial charge in [-0.1, -0.05) is 78.6 Å². The van der Waals surface area contributed by atoms with Crippen LogP contribution in [0.5, 0.6) is 0 Å². The van der Waals surface area contributed by atoms with Crippen molar-refractivity contribution in [1.29, 1.82) is 0 Å². The van der Waals surface area contributed by atoms with E-state index >= 15 is 0 Å². The molecule has 1 nitrogen and oxygen atoms in total. The molecule has 0 heterocycles. The highest BCUT2D eigenvalue weighted by atomic mass is 16.5. The lowest BCUT2D eigenvalue weighted by atomic mass is 9.67. The van der Waals surface area contributed by atoms with E-state index in [2.05, 4.69) is 19.8 Å². The molecule has 0 spiro atoms. The Morgan fingerprint density at radius 2 is 1.42 bits per heavy atom. The summed E-state index contributed by atoms with van der Waals surface area (Å²) >= 11 is 0. The lowest BCUT2D eigenvalue weighted by Gasteiger charge is -2.41. The highest BCUT2D eigenvalue weighted by Gasteiger charge is 2.37. The Hall–Kier alpha value is -0.480. The first-order valence-corrected chi connectivity index (χ1v) is 11.8. The Labute approximate surface area is 165 Å². The molecule has 0 aromatic rings. The van der Waals surface area contributed by atoms with Crippen LogP contribution in [0.4, 0.5) is 0 Å². The van der Waals surface area contributed by atoms with Crippen molar-refractivity contribution in [3.05, 3.63) is 0 Å². The van der Waals surface area contributed by atoms with Crippen molar-refractivity contribution in [1.82, 2.24) is 0 Å². The maximum absolute atomic E-state index is 6.13. The van der Waals surface area contributed by atoms with E-state index < -0.39 is 0 Å². The van der Waals surface area contributed by atoms with Crippen LogP contribution >= 0.6 is 0 Å². The molecule has 1 heteroatoms. The molecule has 0 atom stereocenters. The summed E-state index contributed by atoms with van der Waals surface area (Å²) in [6.07, 6.45) is 24.6. The Bertz CT molecular complexity index is 364. The van der Waals surface area contributed by atoms with Gasteiger partial charge in [-0.05, 0) is 62.7 Å². The number of hydrogen-bond acceptors (Lipinski definition) is 1. The van der Waals surface area contributed by atoms with Crippen molar-refractivity contribution in [2.75, 3.05) is 6.61 Å². The van der Waals surface area contributed by atoms with Gasteiger partial charge in [0.1, 0.15) is 5.60 Å². The predicted octanol–water partition coefficient (Wildman–Crippen LogP) is 7.78. The van der Waals surface area contributed by atoms with Crippen LogP contribution in [0.3, 0.4) is 0 Å². The fraction of sp³-hybridized carbons (Fsp3) is 0.920. The molecule has 2 aliphatic rings. The minimum Gasteiger partial charge on any atom is -0.362 e. The molecule has 0 unspecified atom stereocenters. The fourth-order valence-corrected chi connectivity index (χ4v) is 4.95. The van der Waals surface area contributed by atoms with Crippen LogP contribution in [0.15, 0.2) is 0 Å². The van der Waals surface area contributed by atoms with Gasteiger partial charge in [0, 0.05) is 6.61 Å². The lowest BCUT2D eigenvalue weighted by Crippen LogP contribution is -2.38. The van der Waals surface area contributed by atoms with Gasteiger partial charge in [-0.25, -0.2) is 0 Å². The monoisotopic (exact) mass is 362 g/mol. The molecule has 2 saturated carbocycles. The van der Waals surface area contributed by atoms with Crippen molar-refractivity contribution in [2.24, 2.45) is 17.8 Å². The van der Waals surface area contributed by atoms with Crippen LogP contribution in [0.1, 0.15) is 118 Å². The van der Waals surface area contributed by atoms with Gasteiger partial charge in [-0.15, -0.1) is 6.42 Å². The molecule has 0 amide bonds. The summed E-state index contributed by atoms with van der Waals surface area (Å²) in [5.74, 6) is 5.93. The van der Waals surface area contributed by atoms with E-state index in [-0.39, 0.29) is 5.60 Å². The van der Waals surface area contributed by atoms with Crippen LogP contribution < -0.4 is 0 Å². The number of unbranched alkanes of at least 4 members (excludes halogenated alkanes) is 3. The van der Waals surface area contributed by atoms with Gasteiger partial charge >= 0.3 is 0 Å². The minimum atomic E-state index is -0.233. The molecule has 2 aliphatic carbocycles. The van der Waals surface area contributed by atoms with Gasteiger partial charge in [-0.2, -0.15) is 0 Å². The summed E-state index contributed by atoms with van der Waals surface area (Å²) in [6.45, 7) is 9.36. The average molecular weight is 363 g/mol. The maximum Gasteiger partial charge on any atom is 0.128 e. The molecule has 0 aromatic carbocycles. The van der Waals surface area contributed by atoms with Crippen molar-refractivity contribution in [2.45, 2.75) is 123 Å². The fourth-order valence-electron chi connectivity index (χ4n) is 4.95. The van der Waals surface area contributed by atoms with Gasteiger partial charge in [-0.3, -0.25) is 0 Å². The maximum atomic E-state index is 6.13. The van der Waals surface area contributed by atoms with E-state index in [1.807, 2.05) is 13.8 Å². The molecule has 152 valence electrons. The minimum absolute atomic E-state index is 0.233. The molecular formula is C25H46O. The summed E-state index contributed by atoms with van der Waals surface area (Å²) in [5, 5.41) is 0. The Morgan fingerprint density at radius 1 is 0.846 bits per heavy atom. The third kappa shape index (κ3) is 7.64. The summed E-state index contributed by atoms with van der Waals surface area (Å²) in [5.41, 5.74) is -0.233. The van der Waals surface area contributed by atoms with Crippen LogP contribution in [-0.4, -0.2) is 12.2 Å². The molecule has 0 radical (unpaired) electrons. The highest BCUT2D eigenvalue weighted by Crippen LogP contribution is 2.44. The van der Waals surface area contributed by atoms with Crippen LogP contribution in [0, 0.1) is 30.1 Å². The van der Waals surface area contributed by atoms with Crippen LogP contribution in [0.25, 0.3) is 0 Å². The highest BCUT2D eigenvalue weighted by molar-refractivity contribution is 5.10. The number of rotatable bonds is 9. The first kappa shape index (κ1) is 23.6. The predicted molar refractivity (Wildman–Crippen MR) is 115 cm³/mol. The second kappa shape index (κ2) is 13.7. The lowest BCUT2D eigenvalue weighted by molar-refractivity contribution is -0.0437. The second-order valence-corrected chi connectivity index (χ2v) is 8.45. The quantitative estimate of drug-likeness (QED) is 0.300. The van der Waals surface area contributed by atoms with E-state index in [1.54, 1.807) is 0 Å². The third-order valence-corrected chi connectivity index (χ3v) is 6.75. The van der Waals surface area contributed by atoms with Gasteiger partial charge in [0.15, 0.2) is 0 Å². The van der Waals surface area contributed by atoms with E-state index in [0.717, 1.165) is 43.6 Å². The van der Waals surface area contributed by atoms with Crippen molar-refractivity contribution >= 4 is 0 Å². The van der Waals surface area contributed by atoms with Crippen LogP contribution in [0.2, 0.25) is 0 Å². The molecule has 0 aliphatic heterocycles. The standard InChI is InChI=1S/C23H40O.C2H6/c1-4-7-9-10-20-11-13-21(14-12-20)22-15-17-23(6-3,18-16-22)24-19-8-5-2;1-2/h3,20-22H,4-5,7-19H2,1-2H3;1-2H3. The van der Waals surface area contributed by atoms with Gasteiger partial charge < -0.3 is 4.74 Å². The van der Waals surface area contributed by atoms with E-state index in [0.29, 0.717) is 0 Å². The van der Waals surface area contributed by atoms with Crippen molar-refractivity contribution in [3.8, 4) is 12.3 Å². The molecule has 0 bridgehead atoms. The summed E-state index contributed by atoms with van der Waals surface area (Å²) in [6, 6.07) is 0. The second-order valence-electron chi connectivity index (χ2n) is 8.45. The van der Waals surface area contributed by atoms with Gasteiger partial charge in [0.05, 0.1) is 0 Å². The first-order valence-electron chi connectivity index (χ1n) is 11.8. The van der Waals surface area contributed by atoms with E-state index in [4.69, 9.17) is 11.2 Å². The largest absolute Gasteiger partial charge is 0.362 e. The Balaban J connectivity index is 0.00000163. The van der Waals surface area contributed by atoms with Crippen LogP contribution in [-0.2, 0) is 4.74 Å². The zero-order valence-electron chi connectivity index (χ0n) is 18.3. The van der Waals surface area contributed by atoms with Gasteiger partial charge in [0.2, 0.25) is 0 Å². The van der Waals surface area contributed by atoms with Crippen molar-refractivity contribution < 1.29 is 4.74 Å². The molecule has 0 N–H and O–H groups in total. The summed E-state index contributed by atoms with van der Waals surface area (Å²) in [4.78, 5) is 0. The smallest absolute Gasteiger partial charge is 0.128 e. The zero-order valence-corrected chi connectivity index (χ0v) is 18.3. The Kier molecular flexibility index (Phi) is 12.4. The van der Waals surface area contributed by atoms with Gasteiger partial charge in [0.25, 0.3) is 0 Å². The molecular weight excluding hydrogens is 316 g/mol. The summed E-state index contributed by atoms with van der Waals surface area (Å²) in [7, 11) is 0. The number of hydrogen-bond donors (Lipinski definition) is 0. The Morgan fingerprint density at radius 3 is 1.96 bits per heavy atom. The number of ether oxygens (including phenoxy) is 1. The normalized spacial score (nSPS) is 31.6. The van der Waals surface area contributed by atoms with E-state index in [1.165, 1.54) is 70.6 Å². The SMILES string of the molecule is C#CC1(OCCCC)CCC(C2CCC(CCCCC)CC2)CC1.CC.